The minimum absolute atomic E-state index is 0.0416. The lowest BCUT2D eigenvalue weighted by atomic mass is 10.2. The topological polar surface area (TPSA) is 129 Å². The number of nitrogens with one attached hydrogen (secondary N) is 1. The second-order valence-corrected chi connectivity index (χ2v) is 6.90. The van der Waals surface area contributed by atoms with E-state index in [-0.39, 0.29) is 11.6 Å². The Hall–Kier alpha value is -3.40. The molecular formula is C17H16N6O3S. The van der Waals surface area contributed by atoms with Crippen LogP contribution in [-0.4, -0.2) is 31.0 Å². The first-order valence-electron chi connectivity index (χ1n) is 7.93. The molecule has 1 heterocycles. The maximum absolute atomic E-state index is 12.4. The number of nitrogens with zero attached hydrogens (tertiary/aromatic N) is 4. The number of rotatable bonds is 6. The number of amides is 1. The van der Waals surface area contributed by atoms with E-state index in [1.165, 1.54) is 40.7 Å². The van der Waals surface area contributed by atoms with Crippen molar-refractivity contribution in [1.82, 2.24) is 14.9 Å². The van der Waals surface area contributed by atoms with Gasteiger partial charge in [0.25, 0.3) is 5.69 Å². The summed E-state index contributed by atoms with van der Waals surface area (Å²) in [5.74, 6) is 6.28. The van der Waals surface area contributed by atoms with Gasteiger partial charge in [-0.1, -0.05) is 42.1 Å². The Morgan fingerprint density at radius 2 is 1.85 bits per heavy atom. The second kappa shape index (κ2) is 7.87. The quantitative estimate of drug-likeness (QED) is 0.289. The summed E-state index contributed by atoms with van der Waals surface area (Å²) in [5.41, 5.74) is 1.25. The van der Waals surface area contributed by atoms with Gasteiger partial charge in [-0.05, 0) is 19.1 Å². The maximum atomic E-state index is 12.4. The molecule has 0 aliphatic rings. The van der Waals surface area contributed by atoms with E-state index in [1.807, 2.05) is 30.3 Å². The lowest BCUT2D eigenvalue weighted by Gasteiger charge is -2.11. The number of thioether (sulfide) groups is 1. The predicted octanol–water partition coefficient (Wildman–Crippen LogP) is 2.69. The van der Waals surface area contributed by atoms with Crippen molar-refractivity contribution < 1.29 is 9.72 Å². The molecule has 10 heteroatoms. The van der Waals surface area contributed by atoms with E-state index in [1.54, 1.807) is 6.92 Å². The highest BCUT2D eigenvalue weighted by atomic mass is 32.2. The fraction of sp³-hybridized carbons (Fsp3) is 0.118. The summed E-state index contributed by atoms with van der Waals surface area (Å²) < 4.78 is 1.34. The summed E-state index contributed by atoms with van der Waals surface area (Å²) in [6.45, 7) is 1.71. The third-order valence-electron chi connectivity index (χ3n) is 3.69. The van der Waals surface area contributed by atoms with E-state index in [0.717, 1.165) is 5.56 Å². The van der Waals surface area contributed by atoms with Crippen LogP contribution in [0, 0.1) is 10.1 Å². The first-order valence-corrected chi connectivity index (χ1v) is 8.81. The number of aromatic nitrogens is 3. The number of anilines is 1. The van der Waals surface area contributed by atoms with Gasteiger partial charge in [0.05, 0.1) is 10.2 Å². The Morgan fingerprint density at radius 3 is 2.48 bits per heavy atom. The molecule has 1 aromatic heterocycles. The van der Waals surface area contributed by atoms with Crippen molar-refractivity contribution in [2.45, 2.75) is 17.3 Å². The van der Waals surface area contributed by atoms with E-state index < -0.39 is 10.2 Å². The Labute approximate surface area is 158 Å². The van der Waals surface area contributed by atoms with Crippen LogP contribution in [-0.2, 0) is 4.79 Å². The standard InChI is InChI=1S/C17H16N6O3S/c1-11(16(24)19-13-7-9-14(10-8-13)23(25)26)27-17-21-20-15(22(17)18)12-5-3-2-4-6-12/h2-11H,18H2,1H3,(H,19,24). The first kappa shape index (κ1) is 18.4. The fourth-order valence-corrected chi connectivity index (χ4v) is 3.03. The average molecular weight is 384 g/mol. The molecule has 9 nitrogen and oxygen atoms in total. The molecule has 0 spiro atoms. The van der Waals surface area contributed by atoms with Crippen molar-refractivity contribution in [3.8, 4) is 11.4 Å². The van der Waals surface area contributed by atoms with E-state index >= 15 is 0 Å². The number of nitrogen functional groups attached to an aromatic ring is 1. The zero-order valence-electron chi connectivity index (χ0n) is 14.3. The highest BCUT2D eigenvalue weighted by molar-refractivity contribution is 8.00. The van der Waals surface area contributed by atoms with Gasteiger partial charge in [-0.3, -0.25) is 14.9 Å². The smallest absolute Gasteiger partial charge is 0.269 e. The summed E-state index contributed by atoms with van der Waals surface area (Å²) in [7, 11) is 0. The molecule has 0 radical (unpaired) electrons. The maximum Gasteiger partial charge on any atom is 0.269 e. The number of nitrogens with two attached hydrogens (primary N) is 1. The van der Waals surface area contributed by atoms with Crippen LogP contribution in [0.3, 0.4) is 0 Å². The summed E-state index contributed by atoms with van der Waals surface area (Å²) in [6.07, 6.45) is 0. The summed E-state index contributed by atoms with van der Waals surface area (Å²) in [6, 6.07) is 15.0. The summed E-state index contributed by atoms with van der Waals surface area (Å²) in [5, 5.41) is 21.4. The van der Waals surface area contributed by atoms with Crippen LogP contribution in [0.5, 0.6) is 0 Å². The molecule has 138 valence electrons. The molecule has 3 aromatic rings. The molecule has 27 heavy (non-hydrogen) atoms. The van der Waals surface area contributed by atoms with Crippen LogP contribution in [0.1, 0.15) is 6.92 Å². The van der Waals surface area contributed by atoms with Gasteiger partial charge in [-0.2, -0.15) is 0 Å². The molecule has 0 saturated carbocycles. The van der Waals surface area contributed by atoms with Gasteiger partial charge in [0.1, 0.15) is 0 Å². The molecule has 0 bridgehead atoms. The van der Waals surface area contributed by atoms with Gasteiger partial charge in [0, 0.05) is 23.4 Å². The lowest BCUT2D eigenvalue weighted by Crippen LogP contribution is -2.23. The van der Waals surface area contributed by atoms with E-state index in [2.05, 4.69) is 15.5 Å². The van der Waals surface area contributed by atoms with Crippen molar-refractivity contribution in [2.75, 3.05) is 11.2 Å². The number of nitro benzene ring substituents is 1. The van der Waals surface area contributed by atoms with Gasteiger partial charge in [-0.25, -0.2) is 4.68 Å². The molecule has 0 aliphatic carbocycles. The minimum Gasteiger partial charge on any atom is -0.335 e. The van der Waals surface area contributed by atoms with Crippen molar-refractivity contribution in [3.05, 3.63) is 64.7 Å². The van der Waals surface area contributed by atoms with E-state index in [9.17, 15) is 14.9 Å². The van der Waals surface area contributed by atoms with Gasteiger partial charge >= 0.3 is 0 Å². The van der Waals surface area contributed by atoms with Crippen molar-refractivity contribution in [2.24, 2.45) is 0 Å². The number of nitro groups is 1. The van der Waals surface area contributed by atoms with Crippen LogP contribution in [0.4, 0.5) is 11.4 Å². The minimum atomic E-state index is -0.504. The van der Waals surface area contributed by atoms with Crippen molar-refractivity contribution in [3.63, 3.8) is 0 Å². The molecule has 1 amide bonds. The Balaban J connectivity index is 1.66. The highest BCUT2D eigenvalue weighted by Gasteiger charge is 2.20. The van der Waals surface area contributed by atoms with Crippen LogP contribution in [0.15, 0.2) is 59.8 Å². The zero-order valence-corrected chi connectivity index (χ0v) is 15.1. The van der Waals surface area contributed by atoms with Crippen LogP contribution in [0.2, 0.25) is 0 Å². The van der Waals surface area contributed by atoms with E-state index in [4.69, 9.17) is 5.84 Å². The first-order chi connectivity index (χ1) is 13.0. The van der Waals surface area contributed by atoms with E-state index in [0.29, 0.717) is 16.7 Å². The molecule has 3 rings (SSSR count). The second-order valence-electron chi connectivity index (χ2n) is 5.60. The number of carbonyl (C=O) groups is 1. The number of carbonyl (C=O) groups excluding carboxylic acids is 1. The van der Waals surface area contributed by atoms with Gasteiger partial charge in [0.15, 0.2) is 5.82 Å². The van der Waals surface area contributed by atoms with Gasteiger partial charge in [0.2, 0.25) is 11.1 Å². The molecule has 1 unspecified atom stereocenters. The molecule has 0 fully saturated rings. The zero-order chi connectivity index (χ0) is 19.4. The molecular weight excluding hydrogens is 368 g/mol. The molecule has 1 atom stereocenters. The highest BCUT2D eigenvalue weighted by Crippen LogP contribution is 2.25. The SMILES string of the molecule is CC(Sc1nnc(-c2ccccc2)n1N)C(=O)Nc1ccc([N+](=O)[O-])cc1. The Morgan fingerprint density at radius 1 is 1.19 bits per heavy atom. The van der Waals surface area contributed by atoms with Gasteiger partial charge < -0.3 is 11.2 Å². The van der Waals surface area contributed by atoms with Crippen molar-refractivity contribution in [1.29, 1.82) is 0 Å². The predicted molar refractivity (Wildman–Crippen MR) is 103 cm³/mol. The molecule has 2 aromatic carbocycles. The van der Waals surface area contributed by atoms with Crippen LogP contribution < -0.4 is 11.2 Å². The third-order valence-corrected chi connectivity index (χ3v) is 4.75. The van der Waals surface area contributed by atoms with Crippen LogP contribution >= 0.6 is 11.8 Å². The number of hydrogen-bond donors (Lipinski definition) is 2. The molecule has 0 aliphatic heterocycles. The number of benzene rings is 2. The summed E-state index contributed by atoms with van der Waals surface area (Å²) >= 11 is 1.17. The monoisotopic (exact) mass is 384 g/mol. The number of hydrogen-bond acceptors (Lipinski definition) is 7. The average Bonchev–Trinajstić information content (AvgIpc) is 3.03. The Bertz CT molecular complexity index is 959. The molecule has 3 N–H and O–H groups in total. The van der Waals surface area contributed by atoms with Gasteiger partial charge in [-0.15, -0.1) is 10.2 Å². The fourth-order valence-electron chi connectivity index (χ4n) is 2.26. The molecule has 0 saturated heterocycles. The number of non-ortho nitro benzene ring substituents is 1. The van der Waals surface area contributed by atoms with Crippen molar-refractivity contribution >= 4 is 29.0 Å². The summed E-state index contributed by atoms with van der Waals surface area (Å²) in [4.78, 5) is 22.5. The lowest BCUT2D eigenvalue weighted by molar-refractivity contribution is -0.384. The normalized spacial score (nSPS) is 11.7. The third kappa shape index (κ3) is 4.23. The van der Waals surface area contributed by atoms with Crippen LogP contribution in [0.25, 0.3) is 11.4 Å². The Kier molecular flexibility index (Phi) is 5.36. The largest absolute Gasteiger partial charge is 0.335 e.